The molecule has 136 valence electrons. The number of aromatic nitrogens is 2. The maximum absolute atomic E-state index is 13.0. The molecule has 2 aliphatic carbocycles. The van der Waals surface area contributed by atoms with E-state index in [1.165, 1.54) is 50.1 Å². The number of hydrogen-bond acceptors (Lipinski definition) is 5. The lowest BCUT2D eigenvalue weighted by Crippen LogP contribution is -2.28. The zero-order chi connectivity index (χ0) is 18.1. The predicted molar refractivity (Wildman–Crippen MR) is 101 cm³/mol. The van der Waals surface area contributed by atoms with Crippen molar-refractivity contribution in [3.8, 4) is 11.3 Å². The van der Waals surface area contributed by atoms with E-state index in [4.69, 9.17) is 4.98 Å². The van der Waals surface area contributed by atoms with Gasteiger partial charge in [-0.05, 0) is 36.7 Å². The molecule has 2 aromatic rings. The SMILES string of the molecule is COC(=O)CSc1nc2c(c(=O)[nH]1)[C@H](C1CCCC1)Cc1ccccc1-2. The maximum atomic E-state index is 13.0. The van der Waals surface area contributed by atoms with Crippen LogP contribution < -0.4 is 5.56 Å². The lowest BCUT2D eigenvalue weighted by Gasteiger charge is -2.30. The molecule has 0 unspecified atom stereocenters. The van der Waals surface area contributed by atoms with Crippen molar-refractivity contribution in [3.05, 3.63) is 45.7 Å². The van der Waals surface area contributed by atoms with Gasteiger partial charge < -0.3 is 9.72 Å². The quantitative estimate of drug-likeness (QED) is 0.506. The molecule has 6 heteroatoms. The molecule has 4 rings (SSSR count). The molecule has 1 fully saturated rings. The maximum Gasteiger partial charge on any atom is 0.316 e. The fraction of sp³-hybridized carbons (Fsp3) is 0.450. The normalized spacial score (nSPS) is 19.0. The minimum atomic E-state index is -0.334. The second-order valence-corrected chi connectivity index (χ2v) is 7.97. The first-order valence-electron chi connectivity index (χ1n) is 9.09. The van der Waals surface area contributed by atoms with Crippen molar-refractivity contribution in [2.45, 2.75) is 43.2 Å². The van der Waals surface area contributed by atoms with Crippen molar-refractivity contribution >= 4 is 17.7 Å². The fourth-order valence-corrected chi connectivity index (χ4v) is 4.99. The van der Waals surface area contributed by atoms with Crippen molar-refractivity contribution < 1.29 is 9.53 Å². The van der Waals surface area contributed by atoms with Crippen LogP contribution in [-0.2, 0) is 16.0 Å². The highest BCUT2D eigenvalue weighted by Gasteiger charge is 2.35. The molecule has 0 bridgehead atoms. The van der Waals surface area contributed by atoms with Gasteiger partial charge in [0, 0.05) is 11.1 Å². The lowest BCUT2D eigenvalue weighted by atomic mass is 9.74. The van der Waals surface area contributed by atoms with Crippen LogP contribution in [0, 0.1) is 5.92 Å². The number of hydrogen-bond donors (Lipinski definition) is 1. The molecule has 1 N–H and O–H groups in total. The molecule has 1 aromatic carbocycles. The summed E-state index contributed by atoms with van der Waals surface area (Å²) >= 11 is 1.21. The Labute approximate surface area is 156 Å². The highest BCUT2D eigenvalue weighted by Crippen LogP contribution is 2.45. The number of carbonyl (C=O) groups excluding carboxylic acids is 1. The van der Waals surface area contributed by atoms with Crippen molar-refractivity contribution in [2.24, 2.45) is 5.92 Å². The number of benzene rings is 1. The van der Waals surface area contributed by atoms with E-state index in [1.54, 1.807) is 0 Å². The molecule has 1 saturated carbocycles. The standard InChI is InChI=1S/C20H22N2O3S/c1-25-16(23)11-26-20-21-18-14-9-5-4-8-13(14)10-15(12-6-2-3-7-12)17(18)19(24)22-20/h4-5,8-9,12,15H,2-3,6-7,10-11H2,1H3,(H,21,22,24)/t15-/m0/s1. The lowest BCUT2D eigenvalue weighted by molar-refractivity contribution is -0.137. The van der Waals surface area contributed by atoms with Crippen LogP contribution in [0.15, 0.2) is 34.2 Å². The number of thioether (sulfide) groups is 1. The minimum Gasteiger partial charge on any atom is -0.468 e. The molecule has 0 aliphatic heterocycles. The number of aromatic amines is 1. The largest absolute Gasteiger partial charge is 0.468 e. The van der Waals surface area contributed by atoms with Gasteiger partial charge in [0.15, 0.2) is 5.16 Å². The highest BCUT2D eigenvalue weighted by atomic mass is 32.2. The Hall–Kier alpha value is -2.08. The number of H-pyrrole nitrogens is 1. The molecule has 0 amide bonds. The monoisotopic (exact) mass is 370 g/mol. The van der Waals surface area contributed by atoms with Crippen LogP contribution in [0.4, 0.5) is 0 Å². The van der Waals surface area contributed by atoms with E-state index in [0.29, 0.717) is 11.1 Å². The van der Waals surface area contributed by atoms with E-state index in [1.807, 2.05) is 12.1 Å². The van der Waals surface area contributed by atoms with Gasteiger partial charge in [0.05, 0.1) is 18.6 Å². The Morgan fingerprint density at radius 2 is 2.08 bits per heavy atom. The Bertz CT molecular complexity index is 887. The molecule has 0 saturated heterocycles. The van der Waals surface area contributed by atoms with Gasteiger partial charge in [0.2, 0.25) is 0 Å². The summed E-state index contributed by atoms with van der Waals surface area (Å²) in [7, 11) is 1.36. The molecule has 2 aliphatic rings. The number of ether oxygens (including phenoxy) is 1. The van der Waals surface area contributed by atoms with Gasteiger partial charge in [0.25, 0.3) is 5.56 Å². The average Bonchev–Trinajstić information content (AvgIpc) is 3.20. The molecule has 1 aromatic heterocycles. The molecule has 1 heterocycles. The number of nitrogens with one attached hydrogen (secondary N) is 1. The van der Waals surface area contributed by atoms with E-state index in [9.17, 15) is 9.59 Å². The minimum absolute atomic E-state index is 0.0613. The average molecular weight is 370 g/mol. The molecule has 5 nitrogen and oxygen atoms in total. The number of fused-ring (bicyclic) bond motifs is 3. The number of rotatable bonds is 4. The number of nitrogens with zero attached hydrogens (tertiary/aromatic N) is 1. The predicted octanol–water partition coefficient (Wildman–Crippen LogP) is 3.53. The van der Waals surface area contributed by atoms with Gasteiger partial charge in [-0.3, -0.25) is 9.59 Å². The smallest absolute Gasteiger partial charge is 0.316 e. The summed E-state index contributed by atoms with van der Waals surface area (Å²) in [4.78, 5) is 32.0. The highest BCUT2D eigenvalue weighted by molar-refractivity contribution is 7.99. The Kier molecular flexibility index (Phi) is 4.85. The first-order chi connectivity index (χ1) is 12.7. The zero-order valence-electron chi connectivity index (χ0n) is 14.8. The van der Waals surface area contributed by atoms with Crippen molar-refractivity contribution in [1.29, 1.82) is 0 Å². The van der Waals surface area contributed by atoms with Crippen LogP contribution >= 0.6 is 11.8 Å². The molecular weight excluding hydrogens is 348 g/mol. The van der Waals surface area contributed by atoms with Crippen LogP contribution in [0.1, 0.15) is 42.7 Å². The molecule has 0 radical (unpaired) electrons. The second kappa shape index (κ2) is 7.27. The van der Waals surface area contributed by atoms with Gasteiger partial charge in [-0.2, -0.15) is 0 Å². The van der Waals surface area contributed by atoms with E-state index < -0.39 is 0 Å². The fourth-order valence-electron chi connectivity index (χ4n) is 4.30. The van der Waals surface area contributed by atoms with Gasteiger partial charge in [-0.1, -0.05) is 48.9 Å². The second-order valence-electron chi connectivity index (χ2n) is 7.01. The topological polar surface area (TPSA) is 72.0 Å². The first-order valence-corrected chi connectivity index (χ1v) is 10.1. The summed E-state index contributed by atoms with van der Waals surface area (Å²) in [5, 5.41) is 0.473. The van der Waals surface area contributed by atoms with Crippen LogP contribution in [0.25, 0.3) is 11.3 Å². The van der Waals surface area contributed by atoms with Crippen LogP contribution in [-0.4, -0.2) is 28.8 Å². The van der Waals surface area contributed by atoms with Crippen LogP contribution in [0.3, 0.4) is 0 Å². The third-order valence-corrected chi connectivity index (χ3v) is 6.39. The molecule has 1 atom stereocenters. The molecule has 0 spiro atoms. The number of esters is 1. The summed E-state index contributed by atoms with van der Waals surface area (Å²) in [5.74, 6) is 0.586. The Balaban J connectivity index is 1.78. The van der Waals surface area contributed by atoms with E-state index in [0.717, 1.165) is 23.2 Å². The number of carbonyl (C=O) groups is 1. The number of methoxy groups -OCH3 is 1. The van der Waals surface area contributed by atoms with E-state index >= 15 is 0 Å². The Morgan fingerprint density at radius 3 is 2.85 bits per heavy atom. The van der Waals surface area contributed by atoms with Crippen LogP contribution in [0.2, 0.25) is 0 Å². The zero-order valence-corrected chi connectivity index (χ0v) is 15.6. The third kappa shape index (κ3) is 3.18. The summed E-state index contributed by atoms with van der Waals surface area (Å²) in [6, 6.07) is 8.23. The van der Waals surface area contributed by atoms with Crippen LogP contribution in [0.5, 0.6) is 0 Å². The van der Waals surface area contributed by atoms with Gasteiger partial charge >= 0.3 is 5.97 Å². The van der Waals surface area contributed by atoms with Gasteiger partial charge in [0.1, 0.15) is 0 Å². The summed E-state index contributed by atoms with van der Waals surface area (Å²) in [6.07, 6.45) is 5.77. The molecular formula is C20H22N2O3S. The summed E-state index contributed by atoms with van der Waals surface area (Å²) < 4.78 is 4.68. The van der Waals surface area contributed by atoms with Crippen molar-refractivity contribution in [2.75, 3.05) is 12.9 Å². The third-order valence-electron chi connectivity index (χ3n) is 5.54. The van der Waals surface area contributed by atoms with Gasteiger partial charge in [-0.15, -0.1) is 0 Å². The first kappa shape index (κ1) is 17.3. The van der Waals surface area contributed by atoms with Crippen molar-refractivity contribution in [1.82, 2.24) is 9.97 Å². The summed E-state index contributed by atoms with van der Waals surface area (Å²) in [6.45, 7) is 0. The van der Waals surface area contributed by atoms with E-state index in [-0.39, 0.29) is 23.2 Å². The van der Waals surface area contributed by atoms with E-state index in [2.05, 4.69) is 21.9 Å². The summed E-state index contributed by atoms with van der Waals surface area (Å²) in [5.41, 5.74) is 3.87. The van der Waals surface area contributed by atoms with Crippen molar-refractivity contribution in [3.63, 3.8) is 0 Å². The Morgan fingerprint density at radius 1 is 1.31 bits per heavy atom. The molecule has 26 heavy (non-hydrogen) atoms. The van der Waals surface area contributed by atoms with Gasteiger partial charge in [-0.25, -0.2) is 4.98 Å².